The molecule has 4 heteroatoms. The van der Waals surface area contributed by atoms with E-state index in [0.717, 1.165) is 0 Å². The maximum Gasteiger partial charge on any atom is 0.303 e. The molecule has 0 unspecified atom stereocenters. The average molecular weight is 298 g/mol. The lowest BCUT2D eigenvalue weighted by Crippen LogP contribution is -2.00. The summed E-state index contributed by atoms with van der Waals surface area (Å²) in [6, 6.07) is 20.6. The first-order chi connectivity index (χ1) is 10.6. The van der Waals surface area contributed by atoms with E-state index in [9.17, 15) is 9.59 Å². The van der Waals surface area contributed by atoms with E-state index in [1.165, 1.54) is 11.1 Å². The Morgan fingerprint density at radius 3 is 1.27 bits per heavy atom. The summed E-state index contributed by atoms with van der Waals surface area (Å²) in [4.78, 5) is 19.3. The van der Waals surface area contributed by atoms with Crippen molar-refractivity contribution < 1.29 is 19.8 Å². The number of carboxylic acid groups (broad SMARTS) is 2. The molecule has 114 valence electrons. The first-order valence-electron chi connectivity index (χ1n) is 6.79. The highest BCUT2D eigenvalue weighted by Crippen LogP contribution is 2.06. The van der Waals surface area contributed by atoms with Crippen molar-refractivity contribution in [3.63, 3.8) is 0 Å². The Bertz CT molecular complexity index is 548. The normalized spacial score (nSPS) is 9.82. The van der Waals surface area contributed by atoms with Crippen molar-refractivity contribution in [2.75, 3.05) is 0 Å². The molecule has 0 amide bonds. The van der Waals surface area contributed by atoms with Crippen LogP contribution in [0.4, 0.5) is 0 Å². The van der Waals surface area contributed by atoms with Crippen LogP contribution in [0.1, 0.15) is 24.0 Å². The van der Waals surface area contributed by atoms with Crippen LogP contribution in [-0.4, -0.2) is 22.2 Å². The smallest absolute Gasteiger partial charge is 0.303 e. The third-order valence-electron chi connectivity index (χ3n) is 2.62. The van der Waals surface area contributed by atoms with Gasteiger partial charge in [-0.3, -0.25) is 9.59 Å². The van der Waals surface area contributed by atoms with Crippen LogP contribution < -0.4 is 0 Å². The van der Waals surface area contributed by atoms with Gasteiger partial charge in [0.05, 0.1) is 12.8 Å². The highest BCUT2D eigenvalue weighted by Gasteiger charge is 2.00. The van der Waals surface area contributed by atoms with Crippen molar-refractivity contribution in [1.29, 1.82) is 0 Å². The number of benzene rings is 2. The molecular formula is C18H18O4. The molecule has 0 radical (unpaired) electrons. The molecule has 2 aromatic carbocycles. The minimum absolute atomic E-state index is 0.296. The van der Waals surface area contributed by atoms with Crippen molar-refractivity contribution >= 4 is 24.1 Å². The molecule has 22 heavy (non-hydrogen) atoms. The Morgan fingerprint density at radius 2 is 1.00 bits per heavy atom. The number of rotatable bonds is 5. The van der Waals surface area contributed by atoms with E-state index in [0.29, 0.717) is 0 Å². The lowest BCUT2D eigenvalue weighted by molar-refractivity contribution is -0.143. The van der Waals surface area contributed by atoms with Gasteiger partial charge in [0.15, 0.2) is 0 Å². The van der Waals surface area contributed by atoms with E-state index >= 15 is 0 Å². The topological polar surface area (TPSA) is 74.6 Å². The summed E-state index contributed by atoms with van der Waals surface area (Å²) in [6.45, 7) is 0. The van der Waals surface area contributed by atoms with Gasteiger partial charge in [0.25, 0.3) is 0 Å². The molecule has 0 aliphatic carbocycles. The minimum Gasteiger partial charge on any atom is -0.481 e. The molecule has 4 nitrogen and oxygen atoms in total. The van der Waals surface area contributed by atoms with Crippen LogP contribution >= 0.6 is 0 Å². The summed E-state index contributed by atoms with van der Waals surface area (Å²) in [5.41, 5.74) is 2.47. The molecule has 0 aliphatic heterocycles. The summed E-state index contributed by atoms with van der Waals surface area (Å²) in [5.74, 6) is -2.15. The second kappa shape index (κ2) is 9.94. The van der Waals surface area contributed by atoms with E-state index in [2.05, 4.69) is 36.4 Å². The second-order valence-electron chi connectivity index (χ2n) is 4.44. The predicted octanol–water partition coefficient (Wildman–Crippen LogP) is 3.79. The number of carboxylic acids is 2. The van der Waals surface area contributed by atoms with E-state index in [1.807, 2.05) is 36.4 Å². The van der Waals surface area contributed by atoms with Gasteiger partial charge >= 0.3 is 11.9 Å². The zero-order chi connectivity index (χ0) is 16.2. The number of aliphatic carboxylic acids is 2. The van der Waals surface area contributed by atoms with Crippen LogP contribution in [0.2, 0.25) is 0 Å². The summed E-state index contributed by atoms with van der Waals surface area (Å²) < 4.78 is 0. The summed E-state index contributed by atoms with van der Waals surface area (Å²) >= 11 is 0. The van der Waals surface area contributed by atoms with Crippen LogP contribution in [-0.2, 0) is 9.59 Å². The lowest BCUT2D eigenvalue weighted by Gasteiger charge is -1.92. The molecular weight excluding hydrogens is 280 g/mol. The second-order valence-corrected chi connectivity index (χ2v) is 4.44. The molecule has 2 rings (SSSR count). The van der Waals surface area contributed by atoms with Crippen molar-refractivity contribution in [3.8, 4) is 0 Å². The summed E-state index contributed by atoms with van der Waals surface area (Å²) in [7, 11) is 0. The molecule has 0 fully saturated rings. The fourth-order valence-electron chi connectivity index (χ4n) is 1.53. The molecule has 0 atom stereocenters. The first kappa shape index (κ1) is 17.2. The highest BCUT2D eigenvalue weighted by atomic mass is 16.4. The zero-order valence-electron chi connectivity index (χ0n) is 12.1. The molecule has 0 aliphatic rings. The molecule has 0 saturated heterocycles. The minimum atomic E-state index is -1.08. The van der Waals surface area contributed by atoms with Gasteiger partial charge in [-0.05, 0) is 11.1 Å². The Morgan fingerprint density at radius 1 is 0.682 bits per heavy atom. The molecule has 0 saturated carbocycles. The van der Waals surface area contributed by atoms with Gasteiger partial charge < -0.3 is 10.2 Å². The molecule has 0 heterocycles. The molecule has 0 bridgehead atoms. The van der Waals surface area contributed by atoms with Crippen LogP contribution in [0.25, 0.3) is 12.2 Å². The van der Waals surface area contributed by atoms with Crippen molar-refractivity contribution in [1.82, 2.24) is 0 Å². The van der Waals surface area contributed by atoms with Crippen LogP contribution in [0, 0.1) is 0 Å². The van der Waals surface area contributed by atoms with Gasteiger partial charge in [0.2, 0.25) is 0 Å². The van der Waals surface area contributed by atoms with Gasteiger partial charge in [0, 0.05) is 0 Å². The zero-order valence-corrected chi connectivity index (χ0v) is 12.1. The Kier molecular flexibility index (Phi) is 7.76. The van der Waals surface area contributed by atoms with E-state index < -0.39 is 11.9 Å². The van der Waals surface area contributed by atoms with E-state index in [4.69, 9.17) is 10.2 Å². The summed E-state index contributed by atoms with van der Waals surface area (Å²) in [5, 5.41) is 15.8. The van der Waals surface area contributed by atoms with Gasteiger partial charge in [-0.1, -0.05) is 72.8 Å². The maximum atomic E-state index is 9.64. The first-order valence-corrected chi connectivity index (χ1v) is 6.79. The SMILES string of the molecule is C(=Cc1ccccc1)c1ccccc1.O=C(O)CCC(=O)O. The summed E-state index contributed by atoms with van der Waals surface area (Å²) in [6.07, 6.45) is 3.65. The molecule has 2 N–H and O–H groups in total. The monoisotopic (exact) mass is 298 g/mol. The number of carbonyl (C=O) groups is 2. The van der Waals surface area contributed by atoms with E-state index in [-0.39, 0.29) is 12.8 Å². The van der Waals surface area contributed by atoms with Crippen molar-refractivity contribution in [2.24, 2.45) is 0 Å². The number of hydrogen-bond acceptors (Lipinski definition) is 2. The van der Waals surface area contributed by atoms with Gasteiger partial charge in [-0.25, -0.2) is 0 Å². The van der Waals surface area contributed by atoms with Crippen LogP contribution in [0.15, 0.2) is 60.7 Å². The molecule has 0 aromatic heterocycles. The standard InChI is InChI=1S/C14H12.C4H6O4/c1-3-7-13(8-4-1)11-12-14-9-5-2-6-10-14;5-3(6)1-2-4(7)8/h1-12H;1-2H2,(H,5,6)(H,7,8). The van der Waals surface area contributed by atoms with Crippen molar-refractivity contribution in [3.05, 3.63) is 71.8 Å². The molecule has 2 aromatic rings. The van der Waals surface area contributed by atoms with Crippen molar-refractivity contribution in [2.45, 2.75) is 12.8 Å². The van der Waals surface area contributed by atoms with Crippen LogP contribution in [0.3, 0.4) is 0 Å². The third kappa shape index (κ3) is 8.32. The predicted molar refractivity (Wildman–Crippen MR) is 86.3 cm³/mol. The van der Waals surface area contributed by atoms with Crippen LogP contribution in [0.5, 0.6) is 0 Å². The fourth-order valence-corrected chi connectivity index (χ4v) is 1.53. The largest absolute Gasteiger partial charge is 0.481 e. The molecule has 0 spiro atoms. The highest BCUT2D eigenvalue weighted by molar-refractivity contribution is 5.75. The quantitative estimate of drug-likeness (QED) is 0.823. The Balaban J connectivity index is 0.000000261. The van der Waals surface area contributed by atoms with Gasteiger partial charge in [0.1, 0.15) is 0 Å². The van der Waals surface area contributed by atoms with E-state index in [1.54, 1.807) is 0 Å². The fraction of sp³-hybridized carbons (Fsp3) is 0.111. The third-order valence-corrected chi connectivity index (χ3v) is 2.62. The Labute approximate surface area is 129 Å². The lowest BCUT2D eigenvalue weighted by atomic mass is 10.1. The average Bonchev–Trinajstić information content (AvgIpc) is 2.54. The van der Waals surface area contributed by atoms with Gasteiger partial charge in [-0.2, -0.15) is 0 Å². The van der Waals surface area contributed by atoms with Gasteiger partial charge in [-0.15, -0.1) is 0 Å². The maximum absolute atomic E-state index is 9.64. The number of hydrogen-bond donors (Lipinski definition) is 2. The Hall–Kier alpha value is -2.88.